The molecule has 0 aliphatic carbocycles. The van der Waals surface area contributed by atoms with Crippen LogP contribution in [0.25, 0.3) is 0 Å². The van der Waals surface area contributed by atoms with Crippen LogP contribution in [0.1, 0.15) is 11.3 Å². The predicted octanol–water partition coefficient (Wildman–Crippen LogP) is 1.87. The van der Waals surface area contributed by atoms with Crippen molar-refractivity contribution in [2.24, 2.45) is 5.73 Å². The average molecular weight is 271 g/mol. The van der Waals surface area contributed by atoms with Gasteiger partial charge in [0.2, 0.25) is 0 Å². The first-order chi connectivity index (χ1) is 9.67. The van der Waals surface area contributed by atoms with Gasteiger partial charge in [-0.3, -0.25) is 9.78 Å². The predicted molar refractivity (Wildman–Crippen MR) is 77.4 cm³/mol. The molecule has 0 aliphatic heterocycles. The van der Waals surface area contributed by atoms with Gasteiger partial charge in [-0.1, -0.05) is 12.1 Å². The van der Waals surface area contributed by atoms with E-state index in [0.717, 1.165) is 16.9 Å². The fourth-order valence-electron chi connectivity index (χ4n) is 1.61. The van der Waals surface area contributed by atoms with Gasteiger partial charge in [0.1, 0.15) is 5.75 Å². The van der Waals surface area contributed by atoms with Gasteiger partial charge in [0.05, 0.1) is 6.20 Å². The Morgan fingerprint density at radius 2 is 2.00 bits per heavy atom. The highest BCUT2D eigenvalue weighted by atomic mass is 16.5. The number of carbonyl (C=O) groups excluding carboxylic acids is 1. The molecule has 0 saturated carbocycles. The van der Waals surface area contributed by atoms with E-state index in [4.69, 9.17) is 10.5 Å². The molecule has 1 aromatic heterocycles. The maximum atomic E-state index is 11.7. The van der Waals surface area contributed by atoms with E-state index in [1.807, 2.05) is 37.3 Å². The summed E-state index contributed by atoms with van der Waals surface area (Å²) in [5, 5.41) is 2.75. The highest BCUT2D eigenvalue weighted by Crippen LogP contribution is 2.10. The molecule has 0 saturated heterocycles. The Balaban J connectivity index is 1.84. The third-order valence-electron chi connectivity index (χ3n) is 2.73. The summed E-state index contributed by atoms with van der Waals surface area (Å²) in [4.78, 5) is 15.8. The lowest BCUT2D eigenvalue weighted by Crippen LogP contribution is -2.20. The molecule has 1 aromatic carbocycles. The highest BCUT2D eigenvalue weighted by molar-refractivity contribution is 5.91. The molecule has 1 heterocycles. The monoisotopic (exact) mass is 271 g/mol. The molecule has 5 heteroatoms. The van der Waals surface area contributed by atoms with E-state index in [0.29, 0.717) is 12.3 Å². The van der Waals surface area contributed by atoms with E-state index in [-0.39, 0.29) is 12.5 Å². The van der Waals surface area contributed by atoms with Crippen molar-refractivity contribution >= 4 is 11.6 Å². The van der Waals surface area contributed by atoms with Crippen LogP contribution in [0.3, 0.4) is 0 Å². The van der Waals surface area contributed by atoms with Crippen LogP contribution in [0.4, 0.5) is 5.69 Å². The molecule has 0 fully saturated rings. The van der Waals surface area contributed by atoms with Crippen LogP contribution in [-0.4, -0.2) is 17.5 Å². The Bertz CT molecular complexity index is 565. The molecule has 2 rings (SSSR count). The first-order valence-corrected chi connectivity index (χ1v) is 6.31. The summed E-state index contributed by atoms with van der Waals surface area (Å²) in [5.74, 6) is 0.357. The Hall–Kier alpha value is -2.40. The second-order valence-corrected chi connectivity index (χ2v) is 4.37. The van der Waals surface area contributed by atoms with Crippen molar-refractivity contribution in [1.29, 1.82) is 0 Å². The number of nitrogens with one attached hydrogen (secondary N) is 1. The van der Waals surface area contributed by atoms with Crippen molar-refractivity contribution in [3.05, 3.63) is 53.9 Å². The van der Waals surface area contributed by atoms with Crippen molar-refractivity contribution in [3.63, 3.8) is 0 Å². The van der Waals surface area contributed by atoms with Gasteiger partial charge in [-0.2, -0.15) is 0 Å². The third-order valence-corrected chi connectivity index (χ3v) is 2.73. The van der Waals surface area contributed by atoms with Gasteiger partial charge in [0.15, 0.2) is 6.61 Å². The lowest BCUT2D eigenvalue weighted by molar-refractivity contribution is -0.118. The number of hydrogen-bond donors (Lipinski definition) is 2. The van der Waals surface area contributed by atoms with Crippen molar-refractivity contribution in [1.82, 2.24) is 4.98 Å². The summed E-state index contributed by atoms with van der Waals surface area (Å²) in [5.41, 5.74) is 8.15. The summed E-state index contributed by atoms with van der Waals surface area (Å²) in [7, 11) is 0. The molecule has 0 atom stereocenters. The minimum absolute atomic E-state index is 0.0522. The summed E-state index contributed by atoms with van der Waals surface area (Å²) in [6.45, 7) is 2.32. The van der Waals surface area contributed by atoms with Crippen molar-refractivity contribution in [2.45, 2.75) is 13.5 Å². The number of hydrogen-bond acceptors (Lipinski definition) is 4. The molecular formula is C15H17N3O2. The summed E-state index contributed by atoms with van der Waals surface area (Å²) >= 11 is 0. The first kappa shape index (κ1) is 14.0. The fourth-order valence-corrected chi connectivity index (χ4v) is 1.61. The van der Waals surface area contributed by atoms with Gasteiger partial charge in [-0.15, -0.1) is 0 Å². The minimum Gasteiger partial charge on any atom is -0.482 e. The van der Waals surface area contributed by atoms with Crippen LogP contribution < -0.4 is 15.8 Å². The Morgan fingerprint density at radius 3 is 2.60 bits per heavy atom. The van der Waals surface area contributed by atoms with E-state index in [2.05, 4.69) is 10.3 Å². The number of benzene rings is 1. The van der Waals surface area contributed by atoms with E-state index in [1.54, 1.807) is 12.3 Å². The van der Waals surface area contributed by atoms with Gasteiger partial charge in [-0.05, 0) is 36.8 Å². The molecule has 20 heavy (non-hydrogen) atoms. The molecule has 104 valence electrons. The SMILES string of the molecule is Cc1ccc(OCC(=O)Nc2ccc(CN)cc2)cn1. The first-order valence-electron chi connectivity index (χ1n) is 6.31. The largest absolute Gasteiger partial charge is 0.482 e. The minimum atomic E-state index is -0.217. The molecule has 0 aliphatic rings. The molecule has 0 radical (unpaired) electrons. The van der Waals surface area contributed by atoms with Crippen LogP contribution in [0.5, 0.6) is 5.75 Å². The zero-order chi connectivity index (χ0) is 14.4. The number of aromatic nitrogens is 1. The number of ether oxygens (including phenoxy) is 1. The van der Waals surface area contributed by atoms with Crippen LogP contribution >= 0.6 is 0 Å². The smallest absolute Gasteiger partial charge is 0.262 e. The second-order valence-electron chi connectivity index (χ2n) is 4.37. The molecule has 0 bridgehead atoms. The normalized spacial score (nSPS) is 10.1. The average Bonchev–Trinajstić information content (AvgIpc) is 2.47. The number of carbonyl (C=O) groups is 1. The lowest BCUT2D eigenvalue weighted by atomic mass is 10.2. The maximum Gasteiger partial charge on any atom is 0.262 e. The number of pyridine rings is 1. The molecular weight excluding hydrogens is 254 g/mol. The van der Waals surface area contributed by atoms with E-state index < -0.39 is 0 Å². The maximum absolute atomic E-state index is 11.7. The third kappa shape index (κ3) is 4.07. The highest BCUT2D eigenvalue weighted by Gasteiger charge is 2.04. The van der Waals surface area contributed by atoms with Crippen molar-refractivity contribution in [3.8, 4) is 5.75 Å². The van der Waals surface area contributed by atoms with Gasteiger partial charge in [0.25, 0.3) is 5.91 Å². The van der Waals surface area contributed by atoms with Crippen LogP contribution in [-0.2, 0) is 11.3 Å². The number of amides is 1. The zero-order valence-electron chi connectivity index (χ0n) is 11.3. The number of nitrogens with two attached hydrogens (primary N) is 1. The topological polar surface area (TPSA) is 77.2 Å². The summed E-state index contributed by atoms with van der Waals surface area (Å²) in [6.07, 6.45) is 1.60. The lowest BCUT2D eigenvalue weighted by Gasteiger charge is -2.08. The summed E-state index contributed by atoms with van der Waals surface area (Å²) < 4.78 is 5.35. The number of aryl methyl sites for hydroxylation is 1. The van der Waals surface area contributed by atoms with E-state index in [1.165, 1.54) is 0 Å². The number of rotatable bonds is 5. The number of anilines is 1. The Morgan fingerprint density at radius 1 is 1.25 bits per heavy atom. The fraction of sp³-hybridized carbons (Fsp3) is 0.200. The van der Waals surface area contributed by atoms with Gasteiger partial charge < -0.3 is 15.8 Å². The van der Waals surface area contributed by atoms with E-state index >= 15 is 0 Å². The molecule has 1 amide bonds. The number of nitrogens with zero attached hydrogens (tertiary/aromatic N) is 1. The van der Waals surface area contributed by atoms with Crippen LogP contribution in [0.2, 0.25) is 0 Å². The molecule has 0 unspecified atom stereocenters. The molecule has 5 nitrogen and oxygen atoms in total. The van der Waals surface area contributed by atoms with Gasteiger partial charge >= 0.3 is 0 Å². The quantitative estimate of drug-likeness (QED) is 0.870. The van der Waals surface area contributed by atoms with Crippen molar-refractivity contribution < 1.29 is 9.53 Å². The molecule has 2 aromatic rings. The second kappa shape index (κ2) is 6.68. The zero-order valence-corrected chi connectivity index (χ0v) is 11.3. The van der Waals surface area contributed by atoms with Crippen molar-refractivity contribution in [2.75, 3.05) is 11.9 Å². The molecule has 3 N–H and O–H groups in total. The summed E-state index contributed by atoms with van der Waals surface area (Å²) in [6, 6.07) is 11.0. The Labute approximate surface area is 117 Å². The standard InChI is InChI=1S/C15H17N3O2/c1-11-2-7-14(9-17-11)20-10-15(19)18-13-5-3-12(8-16)4-6-13/h2-7,9H,8,10,16H2,1H3,(H,18,19). The van der Waals surface area contributed by atoms with E-state index in [9.17, 15) is 4.79 Å². The molecule has 0 spiro atoms. The Kier molecular flexibility index (Phi) is 4.68. The van der Waals surface area contributed by atoms with Gasteiger partial charge in [-0.25, -0.2) is 0 Å². The van der Waals surface area contributed by atoms with Crippen LogP contribution in [0.15, 0.2) is 42.6 Å². The van der Waals surface area contributed by atoms with Crippen LogP contribution in [0, 0.1) is 6.92 Å². The van der Waals surface area contributed by atoms with Gasteiger partial charge in [0, 0.05) is 17.9 Å².